The lowest BCUT2D eigenvalue weighted by atomic mass is 10.4. The molecule has 1 unspecified atom stereocenters. The fourth-order valence-electron chi connectivity index (χ4n) is 1.15. The smallest absolute Gasteiger partial charge is 0.00999 e. The fourth-order valence-corrected chi connectivity index (χ4v) is 2.15. The van der Waals surface area contributed by atoms with E-state index in [9.17, 15) is 0 Å². The Labute approximate surface area is 80.4 Å². The van der Waals surface area contributed by atoms with Gasteiger partial charge in [-0.3, -0.25) is 0 Å². The Morgan fingerprint density at radius 1 is 0.846 bits per heavy atom. The van der Waals surface area contributed by atoms with Crippen LogP contribution in [0.4, 0.5) is 0 Å². The van der Waals surface area contributed by atoms with Crippen molar-refractivity contribution >= 4 is 19.2 Å². The number of benzene rings is 2. The molecule has 2 rings (SSSR count). The van der Waals surface area contributed by atoms with Gasteiger partial charge in [0, 0.05) is 0 Å². The molecule has 0 saturated carbocycles. The van der Waals surface area contributed by atoms with Crippen LogP contribution >= 0.6 is 8.58 Å². The van der Waals surface area contributed by atoms with Gasteiger partial charge >= 0.3 is 0 Å². The van der Waals surface area contributed by atoms with E-state index in [1.54, 1.807) is 0 Å². The fraction of sp³-hybridized carbons (Fsp3) is 0. The van der Waals surface area contributed by atoms with E-state index >= 15 is 0 Å². The third-order valence-corrected chi connectivity index (χ3v) is 2.96. The molecule has 0 aliphatic rings. The van der Waals surface area contributed by atoms with Crippen LogP contribution in [0.15, 0.2) is 54.6 Å². The van der Waals surface area contributed by atoms with E-state index in [1.165, 1.54) is 10.6 Å². The van der Waals surface area contributed by atoms with Gasteiger partial charge < -0.3 is 0 Å². The van der Waals surface area contributed by atoms with Crippen LogP contribution in [-0.4, -0.2) is 0 Å². The first-order chi connectivity index (χ1) is 6.45. The summed E-state index contributed by atoms with van der Waals surface area (Å²) >= 11 is 0. The van der Waals surface area contributed by atoms with Crippen molar-refractivity contribution < 1.29 is 0 Å². The maximum atomic E-state index is 3.23. The summed E-state index contributed by atoms with van der Waals surface area (Å²) in [6, 6.07) is 21.9. The molecule has 0 nitrogen and oxygen atoms in total. The third kappa shape index (κ3) is 2.40. The van der Waals surface area contributed by atoms with Gasteiger partial charge in [0.1, 0.15) is 0 Å². The summed E-state index contributed by atoms with van der Waals surface area (Å²) in [5, 5.41) is 2.64. The van der Waals surface area contributed by atoms with Gasteiger partial charge in [-0.05, 0) is 16.7 Å². The Morgan fingerprint density at radius 3 is 2.31 bits per heavy atom. The minimum absolute atomic E-state index is 0.721. The monoisotopic (exact) mass is 185 g/mol. The summed E-state index contributed by atoms with van der Waals surface area (Å²) in [5.74, 6) is 0. The van der Waals surface area contributed by atoms with Crippen LogP contribution in [0.25, 0.3) is 0 Å². The van der Waals surface area contributed by atoms with E-state index in [4.69, 9.17) is 0 Å². The molecular weight excluding hydrogens is 175 g/mol. The molecule has 2 aromatic rings. The first-order valence-corrected chi connectivity index (χ1v) is 5.24. The Hall–Kier alpha value is -1.13. The van der Waals surface area contributed by atoms with Gasteiger partial charge in [0.25, 0.3) is 0 Å². The zero-order valence-corrected chi connectivity index (χ0v) is 8.20. The minimum atomic E-state index is 0.721. The molecular formula is C12H10P. The molecule has 0 heterocycles. The minimum Gasteiger partial charge on any atom is -0.0622 e. The van der Waals surface area contributed by atoms with Gasteiger partial charge in [0.05, 0.1) is 0 Å². The molecule has 2 aromatic carbocycles. The number of hydrogen-bond donors (Lipinski definition) is 0. The molecule has 0 saturated heterocycles. The first-order valence-electron chi connectivity index (χ1n) is 4.24. The molecule has 0 N–H and O–H groups in total. The molecule has 63 valence electrons. The molecule has 0 aliphatic heterocycles. The molecule has 0 aliphatic carbocycles. The van der Waals surface area contributed by atoms with Crippen molar-refractivity contribution in [3.8, 4) is 0 Å². The Balaban J connectivity index is 2.16. The molecule has 0 bridgehead atoms. The molecule has 0 spiro atoms. The van der Waals surface area contributed by atoms with E-state index in [-0.39, 0.29) is 0 Å². The van der Waals surface area contributed by atoms with Crippen molar-refractivity contribution in [1.29, 1.82) is 0 Å². The van der Waals surface area contributed by atoms with E-state index < -0.39 is 0 Å². The summed E-state index contributed by atoms with van der Waals surface area (Å²) in [7, 11) is 0.721. The highest BCUT2D eigenvalue weighted by Crippen LogP contribution is 2.08. The maximum absolute atomic E-state index is 3.23. The predicted molar refractivity (Wildman–Crippen MR) is 59.3 cm³/mol. The number of rotatable bonds is 2. The largest absolute Gasteiger partial charge is 0.0622 e. The molecule has 1 radical (unpaired) electrons. The van der Waals surface area contributed by atoms with Gasteiger partial charge in [-0.2, -0.15) is 0 Å². The lowest BCUT2D eigenvalue weighted by Crippen LogP contribution is -2.01. The predicted octanol–water partition coefficient (Wildman–Crippen LogP) is 2.12. The van der Waals surface area contributed by atoms with Crippen LogP contribution < -0.4 is 10.6 Å². The summed E-state index contributed by atoms with van der Waals surface area (Å²) in [6.07, 6.45) is 0. The molecule has 0 aromatic heterocycles. The van der Waals surface area contributed by atoms with Crippen molar-refractivity contribution in [1.82, 2.24) is 0 Å². The highest BCUT2D eigenvalue weighted by atomic mass is 31.1. The molecule has 1 heteroatoms. The summed E-state index contributed by atoms with van der Waals surface area (Å²) in [5.41, 5.74) is 0. The zero-order valence-electron chi connectivity index (χ0n) is 7.20. The molecule has 0 amide bonds. The quantitative estimate of drug-likeness (QED) is 0.628. The summed E-state index contributed by atoms with van der Waals surface area (Å²) in [4.78, 5) is 0. The molecule has 0 fully saturated rings. The van der Waals surface area contributed by atoms with E-state index in [0.717, 1.165) is 8.58 Å². The van der Waals surface area contributed by atoms with Gasteiger partial charge in [0.15, 0.2) is 0 Å². The van der Waals surface area contributed by atoms with Crippen LogP contribution in [0.2, 0.25) is 0 Å². The second kappa shape index (κ2) is 4.20. The highest BCUT2D eigenvalue weighted by molar-refractivity contribution is 7.55. The van der Waals surface area contributed by atoms with Crippen LogP contribution in [0, 0.1) is 6.07 Å². The molecule has 1 atom stereocenters. The van der Waals surface area contributed by atoms with Gasteiger partial charge in [-0.1, -0.05) is 63.2 Å². The second-order valence-corrected chi connectivity index (χ2v) is 4.13. The normalized spacial score (nSPS) is 9.85. The van der Waals surface area contributed by atoms with Crippen molar-refractivity contribution in [2.45, 2.75) is 0 Å². The van der Waals surface area contributed by atoms with E-state index in [1.807, 2.05) is 18.2 Å². The van der Waals surface area contributed by atoms with Crippen LogP contribution in [-0.2, 0) is 0 Å². The molecule has 13 heavy (non-hydrogen) atoms. The van der Waals surface area contributed by atoms with Crippen molar-refractivity contribution in [3.63, 3.8) is 0 Å². The lowest BCUT2D eigenvalue weighted by Gasteiger charge is -1.99. The Morgan fingerprint density at radius 2 is 1.62 bits per heavy atom. The first kappa shape index (κ1) is 8.47. The average molecular weight is 185 g/mol. The van der Waals surface area contributed by atoms with Gasteiger partial charge in [-0.25, -0.2) is 0 Å². The third-order valence-electron chi connectivity index (χ3n) is 1.76. The van der Waals surface area contributed by atoms with E-state index in [2.05, 4.69) is 42.5 Å². The van der Waals surface area contributed by atoms with Crippen molar-refractivity contribution in [2.24, 2.45) is 0 Å². The highest BCUT2D eigenvalue weighted by Gasteiger charge is 1.92. The van der Waals surface area contributed by atoms with Crippen molar-refractivity contribution in [2.75, 3.05) is 0 Å². The topological polar surface area (TPSA) is 0 Å². The standard InChI is InChI=1S/C12H10P/c1-3-7-11(8-4-1)13-12-9-5-2-6-10-12/h1-9,13H. The zero-order chi connectivity index (χ0) is 8.93. The number of hydrogen-bond acceptors (Lipinski definition) is 0. The maximum Gasteiger partial charge on any atom is -0.00999 e. The average Bonchev–Trinajstić information content (AvgIpc) is 2.21. The second-order valence-electron chi connectivity index (χ2n) is 2.77. The van der Waals surface area contributed by atoms with Crippen molar-refractivity contribution in [3.05, 3.63) is 60.7 Å². The van der Waals surface area contributed by atoms with Gasteiger partial charge in [-0.15, -0.1) is 0 Å². The lowest BCUT2D eigenvalue weighted by molar-refractivity contribution is 1.75. The van der Waals surface area contributed by atoms with Crippen LogP contribution in [0.1, 0.15) is 0 Å². The SMILES string of the molecule is [c]1ccccc1Pc1ccccc1. The van der Waals surface area contributed by atoms with Crippen LogP contribution in [0.5, 0.6) is 0 Å². The summed E-state index contributed by atoms with van der Waals surface area (Å²) < 4.78 is 0. The van der Waals surface area contributed by atoms with Crippen LogP contribution in [0.3, 0.4) is 0 Å². The summed E-state index contributed by atoms with van der Waals surface area (Å²) in [6.45, 7) is 0. The Bertz CT molecular complexity index is 316. The Kier molecular flexibility index (Phi) is 2.74. The van der Waals surface area contributed by atoms with Gasteiger partial charge in [0.2, 0.25) is 0 Å². The van der Waals surface area contributed by atoms with E-state index in [0.29, 0.717) is 0 Å².